The zero-order valence-electron chi connectivity index (χ0n) is 13.4. The van der Waals surface area contributed by atoms with E-state index in [0.29, 0.717) is 30.0 Å². The quantitative estimate of drug-likeness (QED) is 0.802. The zero-order chi connectivity index (χ0) is 17.0. The molecule has 0 saturated heterocycles. The molecule has 6 heteroatoms. The third-order valence-electron chi connectivity index (χ3n) is 4.06. The van der Waals surface area contributed by atoms with Crippen LogP contribution in [0.5, 0.6) is 0 Å². The predicted molar refractivity (Wildman–Crippen MR) is 85.3 cm³/mol. The number of aliphatic carboxylic acids is 1. The number of benzene rings is 1. The second-order valence-corrected chi connectivity index (χ2v) is 5.94. The van der Waals surface area contributed by atoms with Gasteiger partial charge in [0.1, 0.15) is 6.04 Å². The van der Waals surface area contributed by atoms with Crippen molar-refractivity contribution in [2.24, 2.45) is 5.92 Å². The minimum absolute atomic E-state index is 0.171. The number of nitrogens with one attached hydrogen (secondary N) is 1. The highest BCUT2D eigenvalue weighted by molar-refractivity contribution is 6.00. The number of carboxylic acid groups (broad SMARTS) is 1. The molecule has 0 bridgehead atoms. The first-order valence-corrected chi connectivity index (χ1v) is 7.81. The van der Waals surface area contributed by atoms with Crippen molar-refractivity contribution < 1.29 is 19.5 Å². The third kappa shape index (κ3) is 4.55. The summed E-state index contributed by atoms with van der Waals surface area (Å²) in [6, 6.07) is 5.47. The summed E-state index contributed by atoms with van der Waals surface area (Å²) in [6.07, 6.45) is 2.50. The van der Waals surface area contributed by atoms with E-state index in [0.717, 1.165) is 12.8 Å². The summed E-state index contributed by atoms with van der Waals surface area (Å²) in [5.41, 5.74) is 0.707. The van der Waals surface area contributed by atoms with Crippen molar-refractivity contribution in [1.82, 2.24) is 10.2 Å². The molecule has 0 radical (unpaired) electrons. The SMILES string of the molecule is CCN(C)C(=O)c1cccc(C(=O)NC(CC2CC2)C(=O)O)c1. The first-order valence-electron chi connectivity index (χ1n) is 7.81. The Morgan fingerprint density at radius 3 is 2.52 bits per heavy atom. The van der Waals surface area contributed by atoms with E-state index in [1.807, 2.05) is 6.92 Å². The Morgan fingerprint density at radius 2 is 1.96 bits per heavy atom. The largest absolute Gasteiger partial charge is 0.480 e. The van der Waals surface area contributed by atoms with Gasteiger partial charge >= 0.3 is 5.97 Å². The molecule has 124 valence electrons. The summed E-state index contributed by atoms with van der Waals surface area (Å²) < 4.78 is 0. The fourth-order valence-corrected chi connectivity index (χ4v) is 2.31. The Hall–Kier alpha value is -2.37. The average Bonchev–Trinajstić information content (AvgIpc) is 3.36. The molecule has 0 aromatic heterocycles. The fraction of sp³-hybridized carbons (Fsp3) is 0.471. The van der Waals surface area contributed by atoms with Gasteiger partial charge in [-0.3, -0.25) is 9.59 Å². The molecule has 1 aromatic rings. The van der Waals surface area contributed by atoms with Gasteiger partial charge in [0, 0.05) is 24.7 Å². The highest BCUT2D eigenvalue weighted by Crippen LogP contribution is 2.33. The Labute approximate surface area is 135 Å². The number of carboxylic acids is 1. The number of hydrogen-bond acceptors (Lipinski definition) is 3. The van der Waals surface area contributed by atoms with Crippen molar-refractivity contribution in [3.63, 3.8) is 0 Å². The van der Waals surface area contributed by atoms with Gasteiger partial charge in [0.05, 0.1) is 0 Å². The minimum Gasteiger partial charge on any atom is -0.480 e. The number of rotatable bonds is 7. The van der Waals surface area contributed by atoms with E-state index in [1.165, 1.54) is 6.07 Å². The normalized spacial score (nSPS) is 14.9. The standard InChI is InChI=1S/C17H22N2O4/c1-3-19(2)16(21)13-6-4-5-12(10-13)15(20)18-14(17(22)23)9-11-7-8-11/h4-6,10-11,14H,3,7-9H2,1-2H3,(H,18,20)(H,22,23). The number of hydrogen-bond donors (Lipinski definition) is 2. The van der Waals surface area contributed by atoms with Gasteiger partial charge in [-0.1, -0.05) is 18.9 Å². The minimum atomic E-state index is -1.02. The molecule has 2 N–H and O–H groups in total. The molecule has 0 aliphatic heterocycles. The van der Waals surface area contributed by atoms with E-state index < -0.39 is 17.9 Å². The van der Waals surface area contributed by atoms with Gasteiger partial charge in [0.25, 0.3) is 11.8 Å². The molecule has 1 fully saturated rings. The Morgan fingerprint density at radius 1 is 1.30 bits per heavy atom. The van der Waals surface area contributed by atoms with E-state index in [4.69, 9.17) is 0 Å². The molecule has 1 aliphatic carbocycles. The van der Waals surface area contributed by atoms with E-state index in [9.17, 15) is 19.5 Å². The second kappa shape index (κ2) is 7.26. The van der Waals surface area contributed by atoms with E-state index in [-0.39, 0.29) is 5.91 Å². The smallest absolute Gasteiger partial charge is 0.326 e. The highest BCUT2D eigenvalue weighted by atomic mass is 16.4. The molecule has 1 saturated carbocycles. The molecular weight excluding hydrogens is 296 g/mol. The molecule has 0 spiro atoms. The van der Waals surface area contributed by atoms with Crippen LogP contribution in [0.3, 0.4) is 0 Å². The molecule has 6 nitrogen and oxygen atoms in total. The summed E-state index contributed by atoms with van der Waals surface area (Å²) in [6.45, 7) is 2.43. The van der Waals surface area contributed by atoms with Crippen LogP contribution in [0.4, 0.5) is 0 Å². The maximum atomic E-state index is 12.3. The van der Waals surface area contributed by atoms with Gasteiger partial charge < -0.3 is 15.3 Å². The van der Waals surface area contributed by atoms with Crippen LogP contribution >= 0.6 is 0 Å². The lowest BCUT2D eigenvalue weighted by Gasteiger charge is -2.16. The zero-order valence-corrected chi connectivity index (χ0v) is 13.4. The van der Waals surface area contributed by atoms with Crippen molar-refractivity contribution in [2.75, 3.05) is 13.6 Å². The van der Waals surface area contributed by atoms with Crippen LogP contribution in [0, 0.1) is 5.92 Å². The average molecular weight is 318 g/mol. The van der Waals surface area contributed by atoms with Gasteiger partial charge in [0.2, 0.25) is 0 Å². The number of carbonyl (C=O) groups excluding carboxylic acids is 2. The monoisotopic (exact) mass is 318 g/mol. The molecule has 23 heavy (non-hydrogen) atoms. The molecule has 0 heterocycles. The maximum absolute atomic E-state index is 12.3. The van der Waals surface area contributed by atoms with Crippen LogP contribution in [0.15, 0.2) is 24.3 Å². The summed E-state index contributed by atoms with van der Waals surface area (Å²) in [4.78, 5) is 37.2. The Bertz CT molecular complexity index is 610. The second-order valence-electron chi connectivity index (χ2n) is 5.94. The Kier molecular flexibility index (Phi) is 5.36. The summed E-state index contributed by atoms with van der Waals surface area (Å²) >= 11 is 0. The van der Waals surface area contributed by atoms with Gasteiger partial charge in [-0.05, 0) is 37.5 Å². The first kappa shape index (κ1) is 17.0. The molecular formula is C17H22N2O4. The van der Waals surface area contributed by atoms with Gasteiger partial charge in [-0.25, -0.2) is 4.79 Å². The van der Waals surface area contributed by atoms with Gasteiger partial charge in [-0.2, -0.15) is 0 Å². The molecule has 2 rings (SSSR count). The first-order chi connectivity index (χ1) is 10.9. The lowest BCUT2D eigenvalue weighted by Crippen LogP contribution is -2.41. The molecule has 1 aliphatic rings. The van der Waals surface area contributed by atoms with Gasteiger partial charge in [-0.15, -0.1) is 0 Å². The van der Waals surface area contributed by atoms with E-state index in [2.05, 4.69) is 5.32 Å². The topological polar surface area (TPSA) is 86.7 Å². The van der Waals surface area contributed by atoms with Crippen molar-refractivity contribution in [2.45, 2.75) is 32.2 Å². The summed E-state index contributed by atoms with van der Waals surface area (Å²) in [5, 5.41) is 11.8. The van der Waals surface area contributed by atoms with Crippen LogP contribution in [0.1, 0.15) is 46.9 Å². The van der Waals surface area contributed by atoms with Crippen LogP contribution < -0.4 is 5.32 Å². The Balaban J connectivity index is 2.09. The third-order valence-corrected chi connectivity index (χ3v) is 4.06. The van der Waals surface area contributed by atoms with Crippen LogP contribution in [0.2, 0.25) is 0 Å². The van der Waals surface area contributed by atoms with Gasteiger partial charge in [0.15, 0.2) is 0 Å². The lowest BCUT2D eigenvalue weighted by molar-refractivity contribution is -0.139. The highest BCUT2D eigenvalue weighted by Gasteiger charge is 2.30. The fourth-order valence-electron chi connectivity index (χ4n) is 2.31. The van der Waals surface area contributed by atoms with E-state index >= 15 is 0 Å². The van der Waals surface area contributed by atoms with Crippen molar-refractivity contribution in [3.05, 3.63) is 35.4 Å². The predicted octanol–water partition coefficient (Wildman–Crippen LogP) is 1.76. The van der Waals surface area contributed by atoms with Crippen molar-refractivity contribution in [3.8, 4) is 0 Å². The number of nitrogens with zero attached hydrogens (tertiary/aromatic N) is 1. The van der Waals surface area contributed by atoms with Crippen LogP contribution in [-0.2, 0) is 4.79 Å². The molecule has 2 amide bonds. The number of amides is 2. The van der Waals surface area contributed by atoms with Crippen molar-refractivity contribution in [1.29, 1.82) is 0 Å². The van der Waals surface area contributed by atoms with E-state index in [1.54, 1.807) is 30.1 Å². The van der Waals surface area contributed by atoms with Crippen LogP contribution in [-0.4, -0.2) is 47.4 Å². The number of carbonyl (C=O) groups is 3. The van der Waals surface area contributed by atoms with Crippen molar-refractivity contribution >= 4 is 17.8 Å². The maximum Gasteiger partial charge on any atom is 0.326 e. The molecule has 1 atom stereocenters. The van der Waals surface area contributed by atoms with Crippen LogP contribution in [0.25, 0.3) is 0 Å². The molecule has 1 unspecified atom stereocenters. The summed E-state index contributed by atoms with van der Waals surface area (Å²) in [5.74, 6) is -1.27. The lowest BCUT2D eigenvalue weighted by atomic mass is 10.1. The summed E-state index contributed by atoms with van der Waals surface area (Å²) in [7, 11) is 1.69. The molecule has 1 aromatic carbocycles.